The van der Waals surface area contributed by atoms with Crippen molar-refractivity contribution in [2.24, 2.45) is 0 Å². The van der Waals surface area contributed by atoms with E-state index in [1.54, 1.807) is 0 Å². The highest BCUT2D eigenvalue weighted by Crippen LogP contribution is 2.37. The van der Waals surface area contributed by atoms with Crippen molar-refractivity contribution < 1.29 is 0 Å². The molecule has 1 aromatic carbocycles. The third-order valence-corrected chi connectivity index (χ3v) is 3.51. The zero-order valence-corrected chi connectivity index (χ0v) is 11.1. The molecule has 92 valence electrons. The summed E-state index contributed by atoms with van der Waals surface area (Å²) < 4.78 is 0. The second kappa shape index (κ2) is 4.70. The number of anilines is 1. The zero-order chi connectivity index (χ0) is 12.4. The van der Waals surface area contributed by atoms with E-state index in [0.717, 1.165) is 12.8 Å². The van der Waals surface area contributed by atoms with Gasteiger partial charge in [0.05, 0.1) is 5.70 Å². The fraction of sp³-hybridized carbons (Fsp3) is 0.429. The Labute approximate surface area is 103 Å². The molecule has 0 heterocycles. The summed E-state index contributed by atoms with van der Waals surface area (Å²) in [7, 11) is 5.97. The number of benzene rings is 1. The van der Waals surface area contributed by atoms with Gasteiger partial charge in [-0.15, -0.1) is 0 Å². The Hall–Kier alpha value is -1.64. The Kier molecular flexibility index (Phi) is 3.27. The fourth-order valence-electron chi connectivity index (χ4n) is 2.63. The highest BCUT2D eigenvalue weighted by atomic mass is 14.9. The first kappa shape index (κ1) is 11.8. The number of allylic oxidation sites excluding steroid dienone is 1. The topological polar surface area (TPSA) is 36.1 Å². The number of likely N-dealkylation sites (N-methyl/N-ethyl adjacent to an activating group) is 1. The van der Waals surface area contributed by atoms with Crippen molar-refractivity contribution in [1.82, 2.24) is 10.6 Å². The Balaban J connectivity index is 2.62. The van der Waals surface area contributed by atoms with Gasteiger partial charge < -0.3 is 16.0 Å². The van der Waals surface area contributed by atoms with Crippen LogP contribution in [0, 0.1) is 0 Å². The zero-order valence-electron chi connectivity index (χ0n) is 11.1. The molecule has 2 rings (SSSR count). The van der Waals surface area contributed by atoms with Gasteiger partial charge in [0.1, 0.15) is 0 Å². The van der Waals surface area contributed by atoms with Crippen LogP contribution in [0.1, 0.15) is 23.6 Å². The lowest BCUT2D eigenvalue weighted by molar-refractivity contribution is 0.929. The molecule has 0 amide bonds. The van der Waals surface area contributed by atoms with Gasteiger partial charge in [-0.1, -0.05) is 13.0 Å². The molecule has 1 aliphatic carbocycles. The van der Waals surface area contributed by atoms with Crippen LogP contribution in [0.4, 0.5) is 5.69 Å². The molecule has 1 aromatic rings. The van der Waals surface area contributed by atoms with Crippen LogP contribution in [0.2, 0.25) is 0 Å². The predicted molar refractivity (Wildman–Crippen MR) is 74.1 cm³/mol. The average molecular weight is 231 g/mol. The standard InChI is InChI=1S/C14H21N3/c1-5-9-6-7-11(15-2)10-8-12(16-3)14(17-4)13(9)10/h6-7,15-17H,5,8H2,1-4H3. The molecule has 3 nitrogen and oxygen atoms in total. The minimum atomic E-state index is 0.978. The molecule has 0 unspecified atom stereocenters. The summed E-state index contributed by atoms with van der Waals surface area (Å²) in [5.74, 6) is 0. The number of hydrogen-bond donors (Lipinski definition) is 3. The normalized spacial score (nSPS) is 13.6. The van der Waals surface area contributed by atoms with E-state index in [2.05, 4.69) is 35.0 Å². The lowest BCUT2D eigenvalue weighted by atomic mass is 9.98. The molecule has 3 heteroatoms. The van der Waals surface area contributed by atoms with Gasteiger partial charge in [0.2, 0.25) is 0 Å². The van der Waals surface area contributed by atoms with Gasteiger partial charge in [0, 0.05) is 44.5 Å². The van der Waals surface area contributed by atoms with Gasteiger partial charge in [-0.05, 0) is 23.6 Å². The summed E-state index contributed by atoms with van der Waals surface area (Å²) >= 11 is 0. The van der Waals surface area contributed by atoms with Gasteiger partial charge in [-0.2, -0.15) is 0 Å². The van der Waals surface area contributed by atoms with Gasteiger partial charge in [0.15, 0.2) is 0 Å². The molecule has 0 atom stereocenters. The highest BCUT2D eigenvalue weighted by Gasteiger charge is 2.24. The van der Waals surface area contributed by atoms with E-state index in [9.17, 15) is 0 Å². The minimum Gasteiger partial charge on any atom is -0.389 e. The predicted octanol–water partition coefficient (Wildman–Crippen LogP) is 1.95. The summed E-state index contributed by atoms with van der Waals surface area (Å²) in [6, 6.07) is 4.41. The maximum atomic E-state index is 3.34. The van der Waals surface area contributed by atoms with Crippen LogP contribution < -0.4 is 16.0 Å². The molecular formula is C14H21N3. The van der Waals surface area contributed by atoms with E-state index in [4.69, 9.17) is 0 Å². The summed E-state index contributed by atoms with van der Waals surface area (Å²) in [4.78, 5) is 0. The quantitative estimate of drug-likeness (QED) is 0.741. The van der Waals surface area contributed by atoms with Crippen molar-refractivity contribution in [3.8, 4) is 0 Å². The van der Waals surface area contributed by atoms with Crippen molar-refractivity contribution >= 4 is 11.4 Å². The van der Waals surface area contributed by atoms with Crippen LogP contribution >= 0.6 is 0 Å². The molecule has 0 bridgehead atoms. The van der Waals surface area contributed by atoms with Crippen molar-refractivity contribution in [3.05, 3.63) is 34.5 Å². The lowest BCUT2D eigenvalue weighted by Gasteiger charge is -2.14. The first-order valence-electron chi connectivity index (χ1n) is 6.18. The SMILES string of the molecule is CCc1ccc(NC)c2c1C(NC)=C(NC)C2. The van der Waals surface area contributed by atoms with Gasteiger partial charge in [0.25, 0.3) is 0 Å². The third kappa shape index (κ3) is 1.75. The molecule has 0 fully saturated rings. The molecule has 0 saturated carbocycles. The van der Waals surface area contributed by atoms with Crippen LogP contribution in [0.3, 0.4) is 0 Å². The molecule has 17 heavy (non-hydrogen) atoms. The molecule has 0 spiro atoms. The molecule has 0 aliphatic heterocycles. The van der Waals surface area contributed by atoms with E-state index in [-0.39, 0.29) is 0 Å². The first-order chi connectivity index (χ1) is 8.26. The van der Waals surface area contributed by atoms with Crippen LogP contribution in [-0.4, -0.2) is 21.1 Å². The number of fused-ring (bicyclic) bond motifs is 1. The van der Waals surface area contributed by atoms with Gasteiger partial charge in [-0.3, -0.25) is 0 Å². The second-order valence-electron chi connectivity index (χ2n) is 4.26. The molecular weight excluding hydrogens is 210 g/mol. The Morgan fingerprint density at radius 1 is 1.06 bits per heavy atom. The van der Waals surface area contributed by atoms with Crippen molar-refractivity contribution in [2.45, 2.75) is 19.8 Å². The van der Waals surface area contributed by atoms with Gasteiger partial charge in [-0.25, -0.2) is 0 Å². The Morgan fingerprint density at radius 3 is 2.35 bits per heavy atom. The van der Waals surface area contributed by atoms with Crippen molar-refractivity contribution in [2.75, 3.05) is 26.5 Å². The molecule has 0 saturated heterocycles. The van der Waals surface area contributed by atoms with E-state index in [1.165, 1.54) is 33.8 Å². The second-order valence-corrected chi connectivity index (χ2v) is 4.26. The number of rotatable bonds is 4. The van der Waals surface area contributed by atoms with Crippen molar-refractivity contribution in [1.29, 1.82) is 0 Å². The van der Waals surface area contributed by atoms with Crippen LogP contribution in [0.25, 0.3) is 5.70 Å². The monoisotopic (exact) mass is 231 g/mol. The number of hydrogen-bond acceptors (Lipinski definition) is 3. The number of nitrogens with one attached hydrogen (secondary N) is 3. The minimum absolute atomic E-state index is 0.978. The maximum Gasteiger partial charge on any atom is 0.0613 e. The average Bonchev–Trinajstić information content (AvgIpc) is 2.76. The van der Waals surface area contributed by atoms with E-state index in [1.807, 2.05) is 21.1 Å². The fourth-order valence-corrected chi connectivity index (χ4v) is 2.63. The Morgan fingerprint density at radius 2 is 1.82 bits per heavy atom. The van der Waals surface area contributed by atoms with Gasteiger partial charge >= 0.3 is 0 Å². The maximum absolute atomic E-state index is 3.34. The largest absolute Gasteiger partial charge is 0.389 e. The third-order valence-electron chi connectivity index (χ3n) is 3.51. The van der Waals surface area contributed by atoms with E-state index >= 15 is 0 Å². The Bertz CT molecular complexity index is 461. The smallest absolute Gasteiger partial charge is 0.0613 e. The molecule has 0 aromatic heterocycles. The van der Waals surface area contributed by atoms with E-state index in [0.29, 0.717) is 0 Å². The van der Waals surface area contributed by atoms with E-state index < -0.39 is 0 Å². The first-order valence-corrected chi connectivity index (χ1v) is 6.18. The molecule has 3 N–H and O–H groups in total. The summed E-state index contributed by atoms with van der Waals surface area (Å²) in [5.41, 5.74) is 7.95. The van der Waals surface area contributed by atoms with Crippen LogP contribution in [0.15, 0.2) is 17.8 Å². The van der Waals surface area contributed by atoms with Crippen LogP contribution in [0.5, 0.6) is 0 Å². The van der Waals surface area contributed by atoms with Crippen LogP contribution in [-0.2, 0) is 12.8 Å². The summed E-state index contributed by atoms with van der Waals surface area (Å²) in [6.07, 6.45) is 2.04. The summed E-state index contributed by atoms with van der Waals surface area (Å²) in [5, 5.41) is 9.93. The summed E-state index contributed by atoms with van der Waals surface area (Å²) in [6.45, 7) is 2.21. The molecule has 0 radical (unpaired) electrons. The molecule has 1 aliphatic rings. The highest BCUT2D eigenvalue weighted by molar-refractivity contribution is 5.81. The van der Waals surface area contributed by atoms with Crippen molar-refractivity contribution in [3.63, 3.8) is 0 Å². The number of aryl methyl sites for hydroxylation is 1. The lowest BCUT2D eigenvalue weighted by Crippen LogP contribution is -2.13.